The van der Waals surface area contributed by atoms with Crippen LogP contribution in [0.1, 0.15) is 42.4 Å². The average molecular weight is 429 g/mol. The van der Waals surface area contributed by atoms with Gasteiger partial charge in [-0.3, -0.25) is 0 Å². The Morgan fingerprint density at radius 2 is 1.70 bits per heavy atom. The van der Waals surface area contributed by atoms with E-state index < -0.39 is 21.5 Å². The van der Waals surface area contributed by atoms with Crippen molar-refractivity contribution in [2.24, 2.45) is 0 Å². The largest absolute Gasteiger partial charge is 0.455 e. The van der Waals surface area contributed by atoms with Crippen molar-refractivity contribution in [2.75, 3.05) is 0 Å². The van der Waals surface area contributed by atoms with Gasteiger partial charge in [0.05, 0.1) is 10.5 Å². The minimum absolute atomic E-state index is 0.0557. The third kappa shape index (κ3) is 5.55. The van der Waals surface area contributed by atoms with Crippen molar-refractivity contribution < 1.29 is 22.4 Å². The average Bonchev–Trinajstić information content (AvgIpc) is 3.14. The highest BCUT2D eigenvalue weighted by molar-refractivity contribution is 7.89. The number of benzene rings is 2. The van der Waals surface area contributed by atoms with E-state index in [1.807, 2.05) is 31.2 Å². The van der Waals surface area contributed by atoms with Gasteiger partial charge in [-0.25, -0.2) is 22.9 Å². The second kappa shape index (κ2) is 8.41. The number of aryl methyl sites for hydroxylation is 1. The van der Waals surface area contributed by atoms with Crippen LogP contribution in [0.15, 0.2) is 64.1 Å². The van der Waals surface area contributed by atoms with Gasteiger partial charge in [0.25, 0.3) is 0 Å². The molecule has 158 valence electrons. The van der Waals surface area contributed by atoms with E-state index in [0.717, 1.165) is 11.1 Å². The smallest absolute Gasteiger partial charge is 0.338 e. The Balaban J connectivity index is 1.62. The molecule has 0 fully saturated rings. The van der Waals surface area contributed by atoms with Gasteiger partial charge in [-0.15, -0.1) is 0 Å². The Morgan fingerprint density at radius 3 is 2.30 bits per heavy atom. The lowest BCUT2D eigenvalue weighted by atomic mass is 10.1. The van der Waals surface area contributed by atoms with Gasteiger partial charge < -0.3 is 9.15 Å². The monoisotopic (exact) mass is 428 g/mol. The zero-order chi connectivity index (χ0) is 21.9. The molecule has 0 amide bonds. The normalized spacial score (nSPS) is 12.0. The van der Waals surface area contributed by atoms with Gasteiger partial charge in [0.2, 0.25) is 15.9 Å². The highest BCUT2D eigenvalue weighted by Crippen LogP contribution is 2.20. The number of hydrogen-bond donors (Lipinski definition) is 1. The minimum Gasteiger partial charge on any atom is -0.455 e. The predicted octanol–water partition coefficient (Wildman–Crippen LogP) is 4.08. The summed E-state index contributed by atoms with van der Waals surface area (Å²) in [5, 5.41) is 0. The minimum atomic E-state index is -3.67. The molecule has 0 saturated carbocycles. The maximum atomic E-state index is 12.3. The number of rotatable bonds is 6. The van der Waals surface area contributed by atoms with E-state index in [4.69, 9.17) is 9.15 Å². The van der Waals surface area contributed by atoms with Crippen molar-refractivity contribution >= 4 is 16.0 Å². The number of ether oxygens (including phenoxy) is 1. The molecule has 30 heavy (non-hydrogen) atoms. The summed E-state index contributed by atoms with van der Waals surface area (Å²) in [5.74, 6) is -0.135. The summed E-state index contributed by atoms with van der Waals surface area (Å²) in [5.41, 5.74) is 2.08. The van der Waals surface area contributed by atoms with E-state index in [1.165, 1.54) is 30.5 Å². The summed E-state index contributed by atoms with van der Waals surface area (Å²) >= 11 is 0. The van der Waals surface area contributed by atoms with Crippen molar-refractivity contribution in [3.63, 3.8) is 0 Å². The van der Waals surface area contributed by atoms with E-state index in [2.05, 4.69) is 9.71 Å². The molecule has 1 heterocycles. The van der Waals surface area contributed by atoms with Crippen LogP contribution in [0.5, 0.6) is 0 Å². The fourth-order valence-corrected chi connectivity index (χ4v) is 4.08. The highest BCUT2D eigenvalue weighted by Gasteiger charge is 2.22. The summed E-state index contributed by atoms with van der Waals surface area (Å²) in [6.07, 6.45) is 1.44. The Morgan fingerprint density at radius 1 is 1.07 bits per heavy atom. The van der Waals surface area contributed by atoms with E-state index >= 15 is 0 Å². The molecule has 3 rings (SSSR count). The lowest BCUT2D eigenvalue weighted by Crippen LogP contribution is -2.40. The van der Waals surface area contributed by atoms with Crippen LogP contribution in [0.2, 0.25) is 0 Å². The first-order valence-corrected chi connectivity index (χ1v) is 10.8. The summed E-state index contributed by atoms with van der Waals surface area (Å²) in [6.45, 7) is 7.20. The SMILES string of the molecule is Cc1ccc(-c2nc(COC(=O)c3ccc(S(=O)(=O)NC(C)(C)C)cc3)co2)cc1. The first kappa shape index (κ1) is 21.7. The molecule has 0 bridgehead atoms. The summed E-state index contributed by atoms with van der Waals surface area (Å²) in [6, 6.07) is 13.3. The number of esters is 1. The summed E-state index contributed by atoms with van der Waals surface area (Å²) < 4.78 is 37.9. The van der Waals surface area contributed by atoms with Crippen LogP contribution >= 0.6 is 0 Å². The summed E-state index contributed by atoms with van der Waals surface area (Å²) in [4.78, 5) is 16.7. The standard InChI is InChI=1S/C22H24N2O5S/c1-15-5-7-16(8-6-15)20-23-18(13-28-20)14-29-21(25)17-9-11-19(12-10-17)30(26,27)24-22(2,3)4/h5-13,24H,14H2,1-4H3. The highest BCUT2D eigenvalue weighted by atomic mass is 32.2. The first-order chi connectivity index (χ1) is 14.0. The van der Waals surface area contributed by atoms with Gasteiger partial charge in [0, 0.05) is 11.1 Å². The molecular weight excluding hydrogens is 404 g/mol. The summed E-state index contributed by atoms with van der Waals surface area (Å²) in [7, 11) is -3.67. The number of carbonyl (C=O) groups excluding carboxylic acids is 1. The number of carbonyl (C=O) groups is 1. The van der Waals surface area contributed by atoms with E-state index in [0.29, 0.717) is 11.6 Å². The van der Waals surface area contributed by atoms with Crippen LogP contribution in [0, 0.1) is 6.92 Å². The fraction of sp³-hybridized carbons (Fsp3) is 0.273. The predicted molar refractivity (Wildman–Crippen MR) is 112 cm³/mol. The van der Waals surface area contributed by atoms with Crippen molar-refractivity contribution in [3.05, 3.63) is 71.6 Å². The molecular formula is C22H24N2O5S. The fourth-order valence-electron chi connectivity index (χ4n) is 2.66. The second-order valence-corrected chi connectivity index (χ2v) is 9.65. The van der Waals surface area contributed by atoms with Crippen LogP contribution in [-0.2, 0) is 21.4 Å². The van der Waals surface area contributed by atoms with E-state index in [-0.39, 0.29) is 17.1 Å². The van der Waals surface area contributed by atoms with E-state index in [1.54, 1.807) is 20.8 Å². The Hall–Kier alpha value is -2.97. The maximum Gasteiger partial charge on any atom is 0.338 e. The Kier molecular flexibility index (Phi) is 6.09. The third-order valence-electron chi connectivity index (χ3n) is 4.04. The molecule has 0 aliphatic heterocycles. The molecule has 1 aromatic heterocycles. The van der Waals surface area contributed by atoms with Crippen LogP contribution in [0.3, 0.4) is 0 Å². The number of nitrogens with one attached hydrogen (secondary N) is 1. The van der Waals surface area contributed by atoms with Crippen LogP contribution in [0.25, 0.3) is 11.5 Å². The number of oxazole rings is 1. The molecule has 8 heteroatoms. The maximum absolute atomic E-state index is 12.3. The van der Waals surface area contributed by atoms with Crippen LogP contribution in [0.4, 0.5) is 0 Å². The molecule has 0 radical (unpaired) electrons. The topological polar surface area (TPSA) is 98.5 Å². The molecule has 0 aliphatic carbocycles. The molecule has 2 aromatic carbocycles. The number of aromatic nitrogens is 1. The molecule has 0 atom stereocenters. The Bertz CT molecular complexity index is 1130. The molecule has 0 aliphatic rings. The third-order valence-corrected chi connectivity index (χ3v) is 5.82. The van der Waals surface area contributed by atoms with Gasteiger partial charge in [-0.2, -0.15) is 0 Å². The van der Waals surface area contributed by atoms with Crippen LogP contribution in [-0.4, -0.2) is 24.9 Å². The molecule has 7 nitrogen and oxygen atoms in total. The van der Waals surface area contributed by atoms with Crippen molar-refractivity contribution in [1.82, 2.24) is 9.71 Å². The lowest BCUT2D eigenvalue weighted by molar-refractivity contribution is 0.0467. The molecule has 0 unspecified atom stereocenters. The lowest BCUT2D eigenvalue weighted by Gasteiger charge is -2.20. The number of sulfonamides is 1. The quantitative estimate of drug-likeness (QED) is 0.594. The van der Waals surface area contributed by atoms with Crippen molar-refractivity contribution in [3.8, 4) is 11.5 Å². The molecule has 1 N–H and O–H groups in total. The van der Waals surface area contributed by atoms with Gasteiger partial charge in [0.1, 0.15) is 18.6 Å². The molecule has 3 aromatic rings. The van der Waals surface area contributed by atoms with E-state index in [9.17, 15) is 13.2 Å². The second-order valence-electron chi connectivity index (χ2n) is 7.97. The van der Waals surface area contributed by atoms with Crippen molar-refractivity contribution in [2.45, 2.75) is 44.7 Å². The number of nitrogens with zero attached hydrogens (tertiary/aromatic N) is 1. The molecule has 0 saturated heterocycles. The zero-order valence-corrected chi connectivity index (χ0v) is 18.1. The zero-order valence-electron chi connectivity index (χ0n) is 17.3. The van der Waals surface area contributed by atoms with Crippen LogP contribution < -0.4 is 4.72 Å². The van der Waals surface area contributed by atoms with Gasteiger partial charge in [-0.1, -0.05) is 17.7 Å². The first-order valence-electron chi connectivity index (χ1n) is 9.36. The van der Waals surface area contributed by atoms with Gasteiger partial charge in [0.15, 0.2) is 0 Å². The van der Waals surface area contributed by atoms with Crippen molar-refractivity contribution in [1.29, 1.82) is 0 Å². The van der Waals surface area contributed by atoms with Gasteiger partial charge in [-0.05, 0) is 64.1 Å². The van der Waals surface area contributed by atoms with Gasteiger partial charge >= 0.3 is 5.97 Å². The number of hydrogen-bond acceptors (Lipinski definition) is 6. The Labute approximate surface area is 176 Å². The molecule has 0 spiro atoms.